The number of aliphatic hydroxyl groups is 1. The molecule has 0 radical (unpaired) electrons. The molecule has 0 spiro atoms. The predicted octanol–water partition coefficient (Wildman–Crippen LogP) is 1.52. The first-order valence-electron chi connectivity index (χ1n) is 5.30. The van der Waals surface area contributed by atoms with E-state index in [4.69, 9.17) is 9.84 Å². The molecule has 0 bridgehead atoms. The Morgan fingerprint density at radius 3 is 2.67 bits per heavy atom. The molecule has 1 aromatic rings. The third-order valence-electron chi connectivity index (χ3n) is 1.96. The fraction of sp³-hybridized carbons (Fsp3) is 0.600. The van der Waals surface area contributed by atoms with Gasteiger partial charge in [-0.3, -0.25) is 0 Å². The lowest BCUT2D eigenvalue weighted by Crippen LogP contribution is -2.35. The summed E-state index contributed by atoms with van der Waals surface area (Å²) in [5, 5.41) is 11.2. The molecule has 0 fully saturated rings. The number of aliphatic hydroxyl groups excluding tert-OH is 1. The molecule has 1 aromatic heterocycles. The van der Waals surface area contributed by atoms with Gasteiger partial charge in [-0.15, -0.1) is 0 Å². The Morgan fingerprint density at radius 2 is 2.11 bits per heavy atom. The second-order valence-corrected chi connectivity index (χ2v) is 3.51. The number of anilines is 1. The Labute approximate surface area is 102 Å². The zero-order valence-electron chi connectivity index (χ0n) is 9.95. The number of ether oxygens (including phenoxy) is 1. The highest BCUT2D eigenvalue weighted by Crippen LogP contribution is 2.20. The van der Waals surface area contributed by atoms with E-state index < -0.39 is 18.8 Å². The third-order valence-corrected chi connectivity index (χ3v) is 1.96. The Balaban J connectivity index is 2.67. The maximum Gasteiger partial charge on any atom is 0.416 e. The van der Waals surface area contributed by atoms with Crippen LogP contribution in [-0.4, -0.2) is 40.5 Å². The fourth-order valence-corrected chi connectivity index (χ4v) is 1.17. The van der Waals surface area contributed by atoms with Crippen LogP contribution in [0.3, 0.4) is 0 Å². The fourth-order valence-electron chi connectivity index (χ4n) is 1.17. The smallest absolute Gasteiger partial charge is 0.416 e. The number of rotatable bonds is 5. The zero-order chi connectivity index (χ0) is 13.8. The Bertz CT molecular complexity index is 398. The van der Waals surface area contributed by atoms with Crippen molar-refractivity contribution >= 4 is 5.82 Å². The molecule has 0 saturated carbocycles. The van der Waals surface area contributed by atoms with Crippen LogP contribution in [0.25, 0.3) is 0 Å². The second kappa shape index (κ2) is 5.85. The summed E-state index contributed by atoms with van der Waals surface area (Å²) in [5.74, 6) is 0.813. The van der Waals surface area contributed by atoms with E-state index in [0.717, 1.165) is 0 Å². The van der Waals surface area contributed by atoms with Crippen molar-refractivity contribution in [3.05, 3.63) is 11.9 Å². The summed E-state index contributed by atoms with van der Waals surface area (Å²) in [6.45, 7) is 3.07. The molecular formula is C10H14F3N3O2. The first-order valence-corrected chi connectivity index (χ1v) is 5.30. The lowest BCUT2D eigenvalue weighted by atomic mass is 10.3. The van der Waals surface area contributed by atoms with Crippen molar-refractivity contribution in [3.63, 3.8) is 0 Å². The first-order chi connectivity index (χ1) is 8.32. The Hall–Kier alpha value is -1.57. The molecule has 0 amide bonds. The summed E-state index contributed by atoms with van der Waals surface area (Å²) in [4.78, 5) is 7.83. The van der Waals surface area contributed by atoms with Gasteiger partial charge >= 0.3 is 6.18 Å². The molecule has 0 aliphatic carbocycles. The largest absolute Gasteiger partial charge is 0.478 e. The van der Waals surface area contributed by atoms with Crippen LogP contribution < -0.4 is 10.1 Å². The van der Waals surface area contributed by atoms with Gasteiger partial charge in [-0.2, -0.15) is 18.2 Å². The summed E-state index contributed by atoms with van der Waals surface area (Å²) in [6, 6.07) is 1.37. The van der Waals surface area contributed by atoms with Crippen molar-refractivity contribution < 1.29 is 23.0 Å². The van der Waals surface area contributed by atoms with Gasteiger partial charge in [0.05, 0.1) is 13.2 Å². The van der Waals surface area contributed by atoms with Gasteiger partial charge in [0, 0.05) is 6.07 Å². The van der Waals surface area contributed by atoms with Crippen LogP contribution in [0.2, 0.25) is 0 Å². The van der Waals surface area contributed by atoms with Gasteiger partial charge < -0.3 is 15.2 Å². The lowest BCUT2D eigenvalue weighted by Gasteiger charge is -2.15. The second-order valence-electron chi connectivity index (χ2n) is 3.51. The van der Waals surface area contributed by atoms with Gasteiger partial charge in [0.15, 0.2) is 6.10 Å². The average Bonchev–Trinajstić information content (AvgIpc) is 2.24. The van der Waals surface area contributed by atoms with Gasteiger partial charge in [0.25, 0.3) is 0 Å². The number of aryl methyl sites for hydroxylation is 1. The topological polar surface area (TPSA) is 67.3 Å². The van der Waals surface area contributed by atoms with E-state index in [1.54, 1.807) is 13.8 Å². The van der Waals surface area contributed by atoms with Crippen LogP contribution in [0.1, 0.15) is 12.7 Å². The number of halogens is 3. The number of nitrogens with one attached hydrogen (secondary N) is 1. The van der Waals surface area contributed by atoms with Crippen molar-refractivity contribution in [3.8, 4) is 5.88 Å². The normalized spacial score (nSPS) is 13.2. The minimum absolute atomic E-state index is 0.175. The molecular weight excluding hydrogens is 251 g/mol. The predicted molar refractivity (Wildman–Crippen MR) is 58.5 cm³/mol. The molecule has 8 heteroatoms. The molecule has 0 aliphatic rings. The van der Waals surface area contributed by atoms with E-state index in [9.17, 15) is 13.2 Å². The molecule has 102 valence electrons. The van der Waals surface area contributed by atoms with Gasteiger partial charge in [0.2, 0.25) is 5.88 Å². The highest BCUT2D eigenvalue weighted by molar-refractivity contribution is 5.38. The molecule has 0 saturated heterocycles. The van der Waals surface area contributed by atoms with Crippen LogP contribution in [0.15, 0.2) is 6.07 Å². The van der Waals surface area contributed by atoms with E-state index in [0.29, 0.717) is 12.4 Å². The van der Waals surface area contributed by atoms with E-state index in [1.807, 2.05) is 0 Å². The van der Waals surface area contributed by atoms with Crippen LogP contribution in [0.4, 0.5) is 19.0 Å². The molecule has 18 heavy (non-hydrogen) atoms. The molecule has 1 rings (SSSR count). The molecule has 1 heterocycles. The van der Waals surface area contributed by atoms with Crippen LogP contribution in [0.5, 0.6) is 5.88 Å². The van der Waals surface area contributed by atoms with E-state index in [1.165, 1.54) is 6.07 Å². The van der Waals surface area contributed by atoms with Crippen molar-refractivity contribution in [2.75, 3.05) is 18.5 Å². The first kappa shape index (κ1) is 14.5. The number of hydrogen-bond acceptors (Lipinski definition) is 5. The van der Waals surface area contributed by atoms with Crippen molar-refractivity contribution in [1.29, 1.82) is 0 Å². The highest BCUT2D eigenvalue weighted by atomic mass is 19.4. The maximum absolute atomic E-state index is 12.1. The Morgan fingerprint density at radius 1 is 1.44 bits per heavy atom. The summed E-state index contributed by atoms with van der Waals surface area (Å²) in [6.07, 6.45) is -7.10. The van der Waals surface area contributed by atoms with Gasteiger partial charge in [-0.1, -0.05) is 0 Å². The van der Waals surface area contributed by atoms with Gasteiger partial charge in [-0.25, -0.2) is 4.98 Å². The van der Waals surface area contributed by atoms with Crippen LogP contribution in [0, 0.1) is 6.92 Å². The molecule has 0 aromatic carbocycles. The lowest BCUT2D eigenvalue weighted by molar-refractivity contribution is -0.198. The molecule has 1 atom stereocenters. The molecule has 5 nitrogen and oxygen atoms in total. The summed E-state index contributed by atoms with van der Waals surface area (Å²) < 4.78 is 41.4. The third kappa shape index (κ3) is 4.36. The van der Waals surface area contributed by atoms with Gasteiger partial charge in [-0.05, 0) is 13.8 Å². The maximum atomic E-state index is 12.1. The summed E-state index contributed by atoms with van der Waals surface area (Å²) in [5.41, 5.74) is 0. The molecule has 0 aliphatic heterocycles. The van der Waals surface area contributed by atoms with Crippen molar-refractivity contribution in [2.24, 2.45) is 0 Å². The van der Waals surface area contributed by atoms with Crippen molar-refractivity contribution in [1.82, 2.24) is 9.97 Å². The summed E-state index contributed by atoms with van der Waals surface area (Å²) >= 11 is 0. The SMILES string of the molecule is CCOc1cc(NCC(O)C(F)(F)F)nc(C)n1. The number of aromatic nitrogens is 2. The van der Waals surface area contributed by atoms with Crippen LogP contribution in [-0.2, 0) is 0 Å². The highest BCUT2D eigenvalue weighted by Gasteiger charge is 2.37. The number of nitrogens with zero attached hydrogens (tertiary/aromatic N) is 2. The number of hydrogen-bond donors (Lipinski definition) is 2. The van der Waals surface area contributed by atoms with Crippen LogP contribution >= 0.6 is 0 Å². The van der Waals surface area contributed by atoms with E-state index in [-0.39, 0.29) is 11.7 Å². The average molecular weight is 265 g/mol. The van der Waals surface area contributed by atoms with E-state index in [2.05, 4.69) is 15.3 Å². The monoisotopic (exact) mass is 265 g/mol. The van der Waals surface area contributed by atoms with E-state index >= 15 is 0 Å². The van der Waals surface area contributed by atoms with Crippen molar-refractivity contribution in [2.45, 2.75) is 26.1 Å². The minimum Gasteiger partial charge on any atom is -0.478 e. The Kier molecular flexibility index (Phi) is 4.71. The molecule has 1 unspecified atom stereocenters. The number of alkyl halides is 3. The zero-order valence-corrected chi connectivity index (χ0v) is 9.95. The molecule has 2 N–H and O–H groups in total. The minimum atomic E-state index is -4.65. The summed E-state index contributed by atoms with van der Waals surface area (Å²) in [7, 11) is 0. The van der Waals surface area contributed by atoms with Gasteiger partial charge in [0.1, 0.15) is 11.6 Å². The quantitative estimate of drug-likeness (QED) is 0.845. The standard InChI is InChI=1S/C10H14F3N3O2/c1-3-18-9-4-8(15-6(2)16-9)14-5-7(17)10(11,12)13/h4,7,17H,3,5H2,1-2H3,(H,14,15,16).